The number of phenolic OH excluding ortho intramolecular Hbond substituents is 1. The van der Waals surface area contributed by atoms with Gasteiger partial charge >= 0.3 is 0 Å². The second-order valence-electron chi connectivity index (χ2n) is 8.23. The van der Waals surface area contributed by atoms with Gasteiger partial charge in [-0.2, -0.15) is 0 Å². The number of rotatable bonds is 7. The quantitative estimate of drug-likeness (QED) is 0.660. The molecule has 1 amide bonds. The number of alkyl halides is 2. The van der Waals surface area contributed by atoms with Gasteiger partial charge in [0.1, 0.15) is 17.3 Å². The van der Waals surface area contributed by atoms with E-state index < -0.39 is 11.8 Å². The number of aromatic nitrogens is 1. The fourth-order valence-electron chi connectivity index (χ4n) is 3.48. The van der Waals surface area contributed by atoms with Crippen molar-refractivity contribution in [2.75, 3.05) is 31.1 Å². The molecule has 8 heteroatoms. The third kappa shape index (κ3) is 6.55. The van der Waals surface area contributed by atoms with E-state index in [0.29, 0.717) is 12.3 Å². The molecule has 2 heterocycles. The number of phenols is 1. The molecule has 4 rings (SSSR count). The highest BCUT2D eigenvalue weighted by Crippen LogP contribution is 2.48. The summed E-state index contributed by atoms with van der Waals surface area (Å²) in [5.74, 6) is -1.55. The van der Waals surface area contributed by atoms with Crippen LogP contribution in [0.15, 0.2) is 42.6 Å². The topological polar surface area (TPSA) is 74.7 Å². The van der Waals surface area contributed by atoms with Crippen LogP contribution in [0, 0.1) is 5.92 Å². The normalized spacial score (nSPS) is 19.5. The minimum Gasteiger partial charge on any atom is -0.508 e. The van der Waals surface area contributed by atoms with E-state index >= 15 is 0 Å². The Morgan fingerprint density at radius 2 is 1.91 bits per heavy atom. The lowest BCUT2D eigenvalue weighted by Gasteiger charge is -2.16. The first kappa shape index (κ1) is 23.8. The number of ether oxygens (including phenoxy) is 1. The Balaban J connectivity index is 0.000000188. The van der Waals surface area contributed by atoms with Crippen LogP contribution in [0.4, 0.5) is 14.6 Å². The highest BCUT2D eigenvalue weighted by Gasteiger charge is 2.57. The van der Waals surface area contributed by atoms with Gasteiger partial charge in [0.15, 0.2) is 0 Å². The fourth-order valence-corrected chi connectivity index (χ4v) is 3.48. The van der Waals surface area contributed by atoms with Crippen molar-refractivity contribution in [3.63, 3.8) is 0 Å². The molecule has 2 N–H and O–H groups in total. The van der Waals surface area contributed by atoms with Crippen molar-refractivity contribution in [1.29, 1.82) is 0 Å². The Kier molecular flexibility index (Phi) is 7.88. The maximum Gasteiger partial charge on any atom is 0.255 e. The molecular weight excluding hydrogens is 416 g/mol. The second-order valence-corrected chi connectivity index (χ2v) is 8.23. The Labute approximate surface area is 187 Å². The number of hydrogen-bond donors (Lipinski definition) is 2. The molecule has 6 nitrogen and oxygen atoms in total. The summed E-state index contributed by atoms with van der Waals surface area (Å²) < 4.78 is 30.7. The van der Waals surface area contributed by atoms with Crippen molar-refractivity contribution in [3.05, 3.63) is 48.2 Å². The first-order chi connectivity index (χ1) is 15.3. The van der Waals surface area contributed by atoms with Gasteiger partial charge in [0.2, 0.25) is 5.91 Å². The smallest absolute Gasteiger partial charge is 0.255 e. The highest BCUT2D eigenvalue weighted by molar-refractivity contribution is 5.83. The molecule has 2 unspecified atom stereocenters. The van der Waals surface area contributed by atoms with Gasteiger partial charge in [0, 0.05) is 26.1 Å². The molecule has 1 saturated carbocycles. The zero-order valence-corrected chi connectivity index (χ0v) is 18.6. The minimum absolute atomic E-state index is 0.0122. The van der Waals surface area contributed by atoms with Gasteiger partial charge in [0.05, 0.1) is 24.6 Å². The summed E-state index contributed by atoms with van der Waals surface area (Å²) in [6.45, 7) is 6.54. The van der Waals surface area contributed by atoms with Crippen LogP contribution in [-0.2, 0) is 4.79 Å². The van der Waals surface area contributed by atoms with Crippen molar-refractivity contribution in [2.24, 2.45) is 5.92 Å². The van der Waals surface area contributed by atoms with E-state index in [-0.39, 0.29) is 30.6 Å². The highest BCUT2D eigenvalue weighted by atomic mass is 19.3. The average Bonchev–Trinajstić information content (AvgIpc) is 3.16. The minimum atomic E-state index is -2.51. The van der Waals surface area contributed by atoms with E-state index in [1.165, 1.54) is 12.8 Å². The van der Waals surface area contributed by atoms with Crippen molar-refractivity contribution in [1.82, 2.24) is 10.3 Å². The van der Waals surface area contributed by atoms with Crippen LogP contribution in [0.2, 0.25) is 0 Å². The molecule has 2 fully saturated rings. The monoisotopic (exact) mass is 447 g/mol. The molecule has 1 aliphatic carbocycles. The molecule has 2 aromatic rings. The van der Waals surface area contributed by atoms with E-state index in [0.717, 1.165) is 24.5 Å². The molecule has 2 atom stereocenters. The number of nitrogens with zero attached hydrogens (tertiary/aromatic N) is 2. The summed E-state index contributed by atoms with van der Waals surface area (Å²) in [4.78, 5) is 18.0. The van der Waals surface area contributed by atoms with Gasteiger partial charge in [0.25, 0.3) is 5.92 Å². The number of pyridine rings is 1. The molecule has 1 aliphatic heterocycles. The molecule has 0 spiro atoms. The number of amides is 1. The molecule has 1 aromatic heterocycles. The number of anilines is 1. The van der Waals surface area contributed by atoms with Crippen LogP contribution in [0.1, 0.15) is 44.6 Å². The third-order valence-corrected chi connectivity index (χ3v) is 5.70. The number of hydrogen-bond acceptors (Lipinski definition) is 5. The van der Waals surface area contributed by atoms with Crippen LogP contribution in [0.5, 0.6) is 11.5 Å². The largest absolute Gasteiger partial charge is 0.508 e. The van der Waals surface area contributed by atoms with E-state index in [4.69, 9.17) is 9.84 Å². The predicted molar refractivity (Wildman–Crippen MR) is 119 cm³/mol. The number of benzene rings is 1. The lowest BCUT2D eigenvalue weighted by atomic mass is 10.0. The van der Waals surface area contributed by atoms with Gasteiger partial charge in [-0.3, -0.25) is 4.79 Å². The van der Waals surface area contributed by atoms with E-state index in [1.54, 1.807) is 36.5 Å². The first-order valence-electron chi connectivity index (χ1n) is 11.1. The summed E-state index contributed by atoms with van der Waals surface area (Å²) in [5, 5.41) is 11.8. The molecule has 32 heavy (non-hydrogen) atoms. The second kappa shape index (κ2) is 10.6. The van der Waals surface area contributed by atoms with Crippen molar-refractivity contribution >= 4 is 11.7 Å². The van der Waals surface area contributed by atoms with Gasteiger partial charge in [-0.1, -0.05) is 12.1 Å². The van der Waals surface area contributed by atoms with Gasteiger partial charge in [-0.25, -0.2) is 13.8 Å². The summed E-state index contributed by atoms with van der Waals surface area (Å²) in [6.07, 6.45) is 3.98. The van der Waals surface area contributed by atoms with Crippen LogP contribution >= 0.6 is 0 Å². The third-order valence-electron chi connectivity index (χ3n) is 5.70. The van der Waals surface area contributed by atoms with Crippen molar-refractivity contribution in [3.8, 4) is 11.5 Å². The number of likely N-dealkylation sites (N-methyl/N-ethyl adjacent to an activating group) is 1. The zero-order valence-electron chi connectivity index (χ0n) is 18.6. The van der Waals surface area contributed by atoms with Crippen molar-refractivity contribution in [2.45, 2.75) is 45.0 Å². The Morgan fingerprint density at radius 1 is 1.25 bits per heavy atom. The van der Waals surface area contributed by atoms with Crippen LogP contribution in [0.3, 0.4) is 0 Å². The number of carbonyl (C=O) groups excluding carboxylic acids is 1. The number of halogens is 2. The number of nitrogens with one attached hydrogen (secondary N) is 1. The average molecular weight is 448 g/mol. The molecule has 174 valence electrons. The summed E-state index contributed by atoms with van der Waals surface area (Å²) in [6, 6.07) is 10.4. The van der Waals surface area contributed by atoms with E-state index in [1.807, 2.05) is 19.9 Å². The van der Waals surface area contributed by atoms with Crippen LogP contribution < -0.4 is 15.0 Å². The molecule has 1 aromatic carbocycles. The molecule has 2 aliphatic rings. The Bertz CT molecular complexity index is 869. The van der Waals surface area contributed by atoms with Crippen LogP contribution in [0.25, 0.3) is 0 Å². The Hall–Kier alpha value is -2.90. The number of carbonyl (C=O) groups is 1. The first-order valence-corrected chi connectivity index (χ1v) is 11.1. The van der Waals surface area contributed by atoms with Gasteiger partial charge < -0.3 is 20.1 Å². The van der Waals surface area contributed by atoms with Gasteiger partial charge in [-0.15, -0.1) is 0 Å². The van der Waals surface area contributed by atoms with Crippen molar-refractivity contribution < 1.29 is 23.4 Å². The zero-order chi connectivity index (χ0) is 23.1. The summed E-state index contributed by atoms with van der Waals surface area (Å²) >= 11 is 0. The lowest BCUT2D eigenvalue weighted by Crippen LogP contribution is -2.27. The van der Waals surface area contributed by atoms with Gasteiger partial charge in [-0.05, 0) is 56.5 Å². The van der Waals surface area contributed by atoms with Crippen LogP contribution in [-0.4, -0.2) is 48.2 Å². The maximum atomic E-state index is 12.7. The lowest BCUT2D eigenvalue weighted by molar-refractivity contribution is -0.122. The standard InChI is InChI=1S/C13H16F2N2O.C11H15NO2/c14-13(15)7-10(13)9-18-11-3-4-12(16-8-11)17-5-1-2-6-17;1-3-12-11(14)8(2)9-4-6-10(13)7-5-9/h3-4,8,10H,1-2,5-7,9H2;4-8,13H,3H2,1-2H3,(H,12,14). The molecule has 1 saturated heterocycles. The maximum absolute atomic E-state index is 12.7. The summed E-state index contributed by atoms with van der Waals surface area (Å²) in [5.41, 5.74) is 0.911. The molecule has 0 bridgehead atoms. The van der Waals surface area contributed by atoms with E-state index in [9.17, 15) is 13.6 Å². The molecule has 0 radical (unpaired) electrons. The van der Waals surface area contributed by atoms with E-state index in [2.05, 4.69) is 15.2 Å². The SMILES string of the molecule is CCNC(=O)C(C)c1ccc(O)cc1.FC1(F)CC1COc1ccc(N2CCCC2)nc1. The fraction of sp³-hybridized carbons (Fsp3) is 0.500. The Morgan fingerprint density at radius 3 is 2.44 bits per heavy atom. The summed E-state index contributed by atoms with van der Waals surface area (Å²) in [7, 11) is 0. The number of aromatic hydroxyl groups is 1. The predicted octanol–water partition coefficient (Wildman–Crippen LogP) is 4.35. The molecular formula is C24H31F2N3O3.